The van der Waals surface area contributed by atoms with Gasteiger partial charge in [-0.2, -0.15) is 0 Å². The lowest BCUT2D eigenvalue weighted by Crippen LogP contribution is -1.76. The molecule has 2 heteroatoms. The molecule has 0 aliphatic rings. The third-order valence-electron chi connectivity index (χ3n) is 2.36. The fourth-order valence-electron chi connectivity index (χ4n) is 1.53. The summed E-state index contributed by atoms with van der Waals surface area (Å²) in [5.74, 6) is -0.259. The maximum atomic E-state index is 13.0. The average Bonchev–Trinajstić information content (AvgIpc) is 2.37. The van der Waals surface area contributed by atoms with Crippen molar-refractivity contribution in [1.82, 2.24) is 0 Å². The van der Waals surface area contributed by atoms with Crippen LogP contribution in [0.4, 0.5) is 10.1 Å². The van der Waals surface area contributed by atoms with Gasteiger partial charge < -0.3 is 0 Å². The molecule has 0 aromatic heterocycles. The molecule has 2 aromatic rings. The topological polar surface area (TPSA) is 4.36 Å². The molecule has 0 atom stereocenters. The highest BCUT2D eigenvalue weighted by Gasteiger charge is 1.96. The second kappa shape index (κ2) is 5.09. The van der Waals surface area contributed by atoms with E-state index < -0.39 is 0 Å². The maximum Gasteiger partial charge on any atom is 0.194 e. The number of para-hydroxylation sites is 1. The molecule has 0 fully saturated rings. The van der Waals surface area contributed by atoms with E-state index in [-0.39, 0.29) is 5.82 Å². The predicted octanol–water partition coefficient (Wildman–Crippen LogP) is 4.55. The number of nitrogens with zero attached hydrogens (tertiary/aromatic N) is 1. The van der Waals surface area contributed by atoms with Gasteiger partial charge in [0.15, 0.2) is 5.69 Å². The molecule has 0 bridgehead atoms. The summed E-state index contributed by atoms with van der Waals surface area (Å²) < 4.78 is 13.0. The third kappa shape index (κ3) is 2.79. The standard InChI is InChI=1S/C15H10FN/c1-17-15-8-3-2-6-13(15)10-9-12-5-4-7-14(16)11-12/h2-11H/b10-9+. The van der Waals surface area contributed by atoms with Crippen LogP contribution >= 0.6 is 0 Å². The van der Waals surface area contributed by atoms with E-state index in [2.05, 4.69) is 4.85 Å². The Morgan fingerprint density at radius 2 is 1.82 bits per heavy atom. The van der Waals surface area contributed by atoms with Gasteiger partial charge in [-0.15, -0.1) is 0 Å². The van der Waals surface area contributed by atoms with Crippen LogP contribution in [0.25, 0.3) is 17.0 Å². The molecule has 0 amide bonds. The van der Waals surface area contributed by atoms with Crippen LogP contribution in [0.15, 0.2) is 48.5 Å². The molecule has 0 saturated heterocycles. The number of halogens is 1. The van der Waals surface area contributed by atoms with Gasteiger partial charge in [0.05, 0.1) is 6.57 Å². The molecule has 0 spiro atoms. The lowest BCUT2D eigenvalue weighted by molar-refractivity contribution is 0.627. The van der Waals surface area contributed by atoms with Crippen LogP contribution < -0.4 is 0 Å². The van der Waals surface area contributed by atoms with Crippen molar-refractivity contribution in [3.05, 3.63) is 76.9 Å². The van der Waals surface area contributed by atoms with Crippen molar-refractivity contribution >= 4 is 17.8 Å². The number of rotatable bonds is 2. The second-order valence-corrected chi connectivity index (χ2v) is 3.56. The lowest BCUT2D eigenvalue weighted by Gasteiger charge is -1.97. The highest BCUT2D eigenvalue weighted by Crippen LogP contribution is 2.21. The van der Waals surface area contributed by atoms with Gasteiger partial charge in [0.2, 0.25) is 0 Å². The highest BCUT2D eigenvalue weighted by molar-refractivity contribution is 5.76. The Kier molecular flexibility index (Phi) is 3.32. The second-order valence-electron chi connectivity index (χ2n) is 3.56. The van der Waals surface area contributed by atoms with E-state index in [4.69, 9.17) is 6.57 Å². The average molecular weight is 223 g/mol. The molecule has 0 radical (unpaired) electrons. The number of hydrogen-bond acceptors (Lipinski definition) is 0. The van der Waals surface area contributed by atoms with E-state index in [0.717, 1.165) is 11.1 Å². The quantitative estimate of drug-likeness (QED) is 0.519. The Labute approximate surface area is 99.7 Å². The first-order valence-electron chi connectivity index (χ1n) is 5.20. The molecule has 17 heavy (non-hydrogen) atoms. The maximum absolute atomic E-state index is 13.0. The number of benzene rings is 2. The van der Waals surface area contributed by atoms with Crippen molar-refractivity contribution in [2.45, 2.75) is 0 Å². The smallest absolute Gasteiger partial charge is 0.194 e. The summed E-state index contributed by atoms with van der Waals surface area (Å²) in [7, 11) is 0. The van der Waals surface area contributed by atoms with Crippen LogP contribution in [0, 0.1) is 12.4 Å². The zero-order valence-electron chi connectivity index (χ0n) is 9.10. The molecular formula is C15H10FN. The van der Waals surface area contributed by atoms with Crippen molar-refractivity contribution < 1.29 is 4.39 Å². The van der Waals surface area contributed by atoms with Crippen LogP contribution in [-0.2, 0) is 0 Å². The van der Waals surface area contributed by atoms with Gasteiger partial charge in [-0.05, 0) is 23.3 Å². The molecule has 1 nitrogen and oxygen atoms in total. The molecule has 2 rings (SSSR count). The van der Waals surface area contributed by atoms with Crippen molar-refractivity contribution in [2.24, 2.45) is 0 Å². The molecule has 0 aliphatic carbocycles. The van der Waals surface area contributed by atoms with Gasteiger partial charge in [-0.25, -0.2) is 9.24 Å². The lowest BCUT2D eigenvalue weighted by atomic mass is 10.1. The minimum absolute atomic E-state index is 0.259. The monoisotopic (exact) mass is 223 g/mol. The van der Waals surface area contributed by atoms with Crippen molar-refractivity contribution in [3.63, 3.8) is 0 Å². The summed E-state index contributed by atoms with van der Waals surface area (Å²) in [5, 5.41) is 0. The summed E-state index contributed by atoms with van der Waals surface area (Å²) in [5.41, 5.74) is 2.22. The van der Waals surface area contributed by atoms with Gasteiger partial charge in [0, 0.05) is 0 Å². The highest BCUT2D eigenvalue weighted by atomic mass is 19.1. The zero-order chi connectivity index (χ0) is 12.1. The van der Waals surface area contributed by atoms with Crippen molar-refractivity contribution in [2.75, 3.05) is 0 Å². The molecular weight excluding hydrogens is 213 g/mol. The van der Waals surface area contributed by atoms with Crippen LogP contribution in [0.5, 0.6) is 0 Å². The summed E-state index contributed by atoms with van der Waals surface area (Å²) in [4.78, 5) is 3.43. The molecule has 0 heterocycles. The summed E-state index contributed by atoms with van der Waals surface area (Å²) in [6.07, 6.45) is 3.62. The largest absolute Gasteiger partial charge is 0.238 e. The van der Waals surface area contributed by atoms with Crippen molar-refractivity contribution in [3.8, 4) is 0 Å². The van der Waals surface area contributed by atoms with Crippen molar-refractivity contribution in [1.29, 1.82) is 0 Å². The van der Waals surface area contributed by atoms with Gasteiger partial charge in [-0.3, -0.25) is 0 Å². The zero-order valence-corrected chi connectivity index (χ0v) is 9.10. The van der Waals surface area contributed by atoms with E-state index >= 15 is 0 Å². The van der Waals surface area contributed by atoms with Gasteiger partial charge >= 0.3 is 0 Å². The van der Waals surface area contributed by atoms with Crippen LogP contribution in [0.2, 0.25) is 0 Å². The first-order valence-corrected chi connectivity index (χ1v) is 5.20. The van der Waals surface area contributed by atoms with Gasteiger partial charge in [0.1, 0.15) is 5.82 Å². The number of hydrogen-bond donors (Lipinski definition) is 0. The first kappa shape index (κ1) is 11.1. The minimum atomic E-state index is -0.259. The molecule has 82 valence electrons. The fraction of sp³-hybridized carbons (Fsp3) is 0. The summed E-state index contributed by atoms with van der Waals surface area (Å²) >= 11 is 0. The first-order chi connectivity index (χ1) is 8.29. The van der Waals surface area contributed by atoms with E-state index in [1.807, 2.05) is 30.3 Å². The van der Waals surface area contributed by atoms with Gasteiger partial charge in [-0.1, -0.05) is 48.6 Å². The van der Waals surface area contributed by atoms with Crippen LogP contribution in [0.1, 0.15) is 11.1 Å². The summed E-state index contributed by atoms with van der Waals surface area (Å²) in [6.45, 7) is 7.03. The van der Waals surface area contributed by atoms with E-state index in [0.29, 0.717) is 5.69 Å². The minimum Gasteiger partial charge on any atom is -0.238 e. The van der Waals surface area contributed by atoms with Gasteiger partial charge in [0.25, 0.3) is 0 Å². The Hall–Kier alpha value is -2.40. The Morgan fingerprint density at radius 3 is 2.59 bits per heavy atom. The normalized spacial score (nSPS) is 10.4. The molecule has 0 saturated carbocycles. The van der Waals surface area contributed by atoms with Crippen LogP contribution in [-0.4, -0.2) is 0 Å². The van der Waals surface area contributed by atoms with E-state index in [1.165, 1.54) is 12.1 Å². The van der Waals surface area contributed by atoms with Crippen LogP contribution in [0.3, 0.4) is 0 Å². The molecule has 0 unspecified atom stereocenters. The van der Waals surface area contributed by atoms with E-state index in [9.17, 15) is 4.39 Å². The molecule has 0 N–H and O–H groups in total. The Morgan fingerprint density at radius 1 is 1.00 bits per heavy atom. The summed E-state index contributed by atoms with van der Waals surface area (Å²) in [6, 6.07) is 13.7. The Balaban J connectivity index is 2.30. The molecule has 0 aliphatic heterocycles. The van der Waals surface area contributed by atoms with E-state index in [1.54, 1.807) is 18.2 Å². The molecule has 2 aromatic carbocycles. The SMILES string of the molecule is [C-]#[N+]c1ccccc1/C=C/c1cccc(F)c1. The third-order valence-corrected chi connectivity index (χ3v) is 2.36. The fourth-order valence-corrected chi connectivity index (χ4v) is 1.53. The predicted molar refractivity (Wildman–Crippen MR) is 68.0 cm³/mol. The Bertz CT molecular complexity index is 594.